The number of methoxy groups -OCH3 is 1. The molecule has 1 atom stereocenters. The molecule has 2 aromatic rings. The average molecular weight is 402 g/mol. The summed E-state index contributed by atoms with van der Waals surface area (Å²) in [5.74, 6) is 1.73. The fourth-order valence-corrected chi connectivity index (χ4v) is 4.20. The maximum atomic E-state index is 5.32. The highest BCUT2D eigenvalue weighted by Gasteiger charge is 2.23. The monoisotopic (exact) mass is 401 g/mol. The maximum absolute atomic E-state index is 5.32. The number of rotatable bonds is 8. The smallest absolute Gasteiger partial charge is 0.191 e. The summed E-state index contributed by atoms with van der Waals surface area (Å²) in [6.07, 6.45) is 4.44. The van der Waals surface area contributed by atoms with Crippen molar-refractivity contribution in [2.24, 2.45) is 4.99 Å². The zero-order chi connectivity index (χ0) is 19.8. The third-order valence-electron chi connectivity index (χ3n) is 4.93. The van der Waals surface area contributed by atoms with Gasteiger partial charge < -0.3 is 15.4 Å². The molecule has 2 N–H and O–H groups in total. The second-order valence-corrected chi connectivity index (χ2v) is 8.29. The Labute approximate surface area is 172 Å². The summed E-state index contributed by atoms with van der Waals surface area (Å²) in [4.78, 5) is 12.9. The molecular weight excluding hydrogens is 370 g/mol. The van der Waals surface area contributed by atoms with Gasteiger partial charge in [0.25, 0.3) is 0 Å². The van der Waals surface area contributed by atoms with Crippen LogP contribution in [0, 0.1) is 6.92 Å². The Morgan fingerprint density at radius 2 is 2.00 bits per heavy atom. The van der Waals surface area contributed by atoms with E-state index >= 15 is 0 Å². The molecule has 1 aromatic carbocycles. The van der Waals surface area contributed by atoms with Gasteiger partial charge in [0, 0.05) is 24.2 Å². The second kappa shape index (κ2) is 10.4. The number of nitrogens with one attached hydrogen (secondary N) is 2. The summed E-state index contributed by atoms with van der Waals surface area (Å²) in [7, 11) is 1.71. The molecule has 6 nitrogen and oxygen atoms in total. The molecule has 3 rings (SSSR count). The van der Waals surface area contributed by atoms with Gasteiger partial charge in [-0.1, -0.05) is 12.1 Å². The van der Waals surface area contributed by atoms with E-state index < -0.39 is 0 Å². The van der Waals surface area contributed by atoms with E-state index in [9.17, 15) is 0 Å². The summed E-state index contributed by atoms with van der Waals surface area (Å²) in [5, 5.41) is 7.94. The molecule has 0 radical (unpaired) electrons. The standard InChI is InChI=1S/C21H31N5OS/c1-4-22-21(25-15-20-23-13-16(2)28-20)24-14-19(26-11-5-6-12-26)17-7-9-18(27-3)10-8-17/h7-10,13,19H,4-6,11-12,14-15H2,1-3H3,(H2,22,24,25). The molecule has 1 unspecified atom stereocenters. The molecule has 1 fully saturated rings. The van der Waals surface area contributed by atoms with Crippen molar-refractivity contribution in [3.05, 3.63) is 45.9 Å². The average Bonchev–Trinajstić information content (AvgIpc) is 3.38. The number of aromatic nitrogens is 1. The van der Waals surface area contributed by atoms with Crippen LogP contribution in [0.4, 0.5) is 0 Å². The summed E-state index contributed by atoms with van der Waals surface area (Å²) < 4.78 is 5.32. The Balaban J connectivity index is 1.68. The molecule has 2 heterocycles. The Bertz CT molecular complexity index is 752. The Morgan fingerprint density at radius 1 is 1.25 bits per heavy atom. The van der Waals surface area contributed by atoms with Gasteiger partial charge in [-0.15, -0.1) is 11.3 Å². The number of thiazole rings is 1. The summed E-state index contributed by atoms with van der Waals surface area (Å²) in [5.41, 5.74) is 1.31. The van der Waals surface area contributed by atoms with Crippen molar-refractivity contribution in [3.8, 4) is 5.75 Å². The number of nitrogens with zero attached hydrogens (tertiary/aromatic N) is 3. The van der Waals surface area contributed by atoms with E-state index in [-0.39, 0.29) is 0 Å². The van der Waals surface area contributed by atoms with Crippen molar-refractivity contribution in [2.45, 2.75) is 39.3 Å². The summed E-state index contributed by atoms with van der Waals surface area (Å²) >= 11 is 1.70. The molecule has 152 valence electrons. The molecule has 28 heavy (non-hydrogen) atoms. The fourth-order valence-electron chi connectivity index (χ4n) is 3.49. The van der Waals surface area contributed by atoms with Crippen molar-refractivity contribution in [3.63, 3.8) is 0 Å². The highest BCUT2D eigenvalue weighted by atomic mass is 32.1. The van der Waals surface area contributed by atoms with Crippen LogP contribution < -0.4 is 15.4 Å². The van der Waals surface area contributed by atoms with E-state index in [4.69, 9.17) is 9.73 Å². The highest BCUT2D eigenvalue weighted by molar-refractivity contribution is 7.11. The molecule has 1 aromatic heterocycles. The molecular formula is C21H31N5OS. The summed E-state index contributed by atoms with van der Waals surface area (Å²) in [6.45, 7) is 8.70. The van der Waals surface area contributed by atoms with E-state index in [1.807, 2.05) is 18.3 Å². The van der Waals surface area contributed by atoms with Crippen LogP contribution in [0.3, 0.4) is 0 Å². The SMILES string of the molecule is CCNC(=NCc1ncc(C)s1)NCC(c1ccc(OC)cc1)N1CCCC1. The minimum absolute atomic E-state index is 0.319. The first-order chi connectivity index (χ1) is 13.7. The minimum atomic E-state index is 0.319. The first-order valence-corrected chi connectivity index (χ1v) is 10.8. The topological polar surface area (TPSA) is 61.8 Å². The molecule has 0 aliphatic carbocycles. The Morgan fingerprint density at radius 3 is 2.61 bits per heavy atom. The fraction of sp³-hybridized carbons (Fsp3) is 0.524. The minimum Gasteiger partial charge on any atom is -0.497 e. The zero-order valence-corrected chi connectivity index (χ0v) is 17.9. The van der Waals surface area contributed by atoms with Crippen molar-refractivity contribution >= 4 is 17.3 Å². The Hall–Kier alpha value is -2.12. The third kappa shape index (κ3) is 5.69. The van der Waals surface area contributed by atoms with E-state index in [1.54, 1.807) is 18.4 Å². The number of likely N-dealkylation sites (tertiary alicyclic amines) is 1. The van der Waals surface area contributed by atoms with Crippen molar-refractivity contribution in [2.75, 3.05) is 33.3 Å². The number of aliphatic imine (C=N–C) groups is 1. The van der Waals surface area contributed by atoms with Crippen LogP contribution in [0.5, 0.6) is 5.75 Å². The van der Waals surface area contributed by atoms with Gasteiger partial charge in [-0.2, -0.15) is 0 Å². The molecule has 0 amide bonds. The predicted molar refractivity (Wildman–Crippen MR) is 116 cm³/mol. The molecule has 1 aliphatic rings. The first-order valence-electron chi connectivity index (χ1n) is 10.0. The lowest BCUT2D eigenvalue weighted by molar-refractivity contribution is 0.245. The third-order valence-corrected chi connectivity index (χ3v) is 5.83. The van der Waals surface area contributed by atoms with Crippen LogP contribution in [-0.2, 0) is 6.54 Å². The van der Waals surface area contributed by atoms with Gasteiger partial charge in [-0.05, 0) is 57.5 Å². The van der Waals surface area contributed by atoms with Gasteiger partial charge >= 0.3 is 0 Å². The lowest BCUT2D eigenvalue weighted by Gasteiger charge is -2.29. The second-order valence-electron chi connectivity index (χ2n) is 6.97. The van der Waals surface area contributed by atoms with Crippen LogP contribution in [0.1, 0.15) is 41.3 Å². The van der Waals surface area contributed by atoms with Gasteiger partial charge in [0.05, 0.1) is 19.7 Å². The quantitative estimate of drug-likeness (QED) is 0.525. The summed E-state index contributed by atoms with van der Waals surface area (Å²) in [6, 6.07) is 8.75. The zero-order valence-electron chi connectivity index (χ0n) is 17.1. The number of guanidine groups is 1. The molecule has 7 heteroatoms. The number of hydrogen-bond acceptors (Lipinski definition) is 5. The maximum Gasteiger partial charge on any atom is 0.191 e. The van der Waals surface area contributed by atoms with E-state index in [0.29, 0.717) is 12.6 Å². The van der Waals surface area contributed by atoms with Crippen LogP contribution in [0.25, 0.3) is 0 Å². The van der Waals surface area contributed by atoms with Crippen molar-refractivity contribution in [1.82, 2.24) is 20.5 Å². The van der Waals surface area contributed by atoms with Gasteiger partial charge in [0.15, 0.2) is 5.96 Å². The largest absolute Gasteiger partial charge is 0.497 e. The van der Waals surface area contributed by atoms with Gasteiger partial charge in [-0.3, -0.25) is 4.90 Å². The molecule has 1 saturated heterocycles. The Kier molecular flexibility index (Phi) is 7.68. The number of aryl methyl sites for hydroxylation is 1. The predicted octanol–water partition coefficient (Wildman–Crippen LogP) is 3.35. The van der Waals surface area contributed by atoms with Crippen molar-refractivity contribution < 1.29 is 4.74 Å². The van der Waals surface area contributed by atoms with Crippen LogP contribution >= 0.6 is 11.3 Å². The van der Waals surface area contributed by atoms with E-state index in [1.165, 1.54) is 23.3 Å². The number of ether oxygens (including phenoxy) is 1. The lowest BCUT2D eigenvalue weighted by Crippen LogP contribution is -2.42. The van der Waals surface area contributed by atoms with E-state index in [2.05, 4.69) is 46.5 Å². The molecule has 0 spiro atoms. The normalized spacial score (nSPS) is 16.2. The van der Waals surface area contributed by atoms with Crippen LogP contribution in [-0.4, -0.2) is 49.1 Å². The molecule has 0 saturated carbocycles. The van der Waals surface area contributed by atoms with Gasteiger partial charge in [-0.25, -0.2) is 9.98 Å². The van der Waals surface area contributed by atoms with Gasteiger partial charge in [0.2, 0.25) is 0 Å². The van der Waals surface area contributed by atoms with Crippen molar-refractivity contribution in [1.29, 1.82) is 0 Å². The number of hydrogen-bond donors (Lipinski definition) is 2. The number of benzene rings is 1. The van der Waals surface area contributed by atoms with Crippen LogP contribution in [0.2, 0.25) is 0 Å². The van der Waals surface area contributed by atoms with E-state index in [0.717, 1.165) is 42.9 Å². The highest BCUT2D eigenvalue weighted by Crippen LogP contribution is 2.26. The lowest BCUT2D eigenvalue weighted by atomic mass is 10.1. The van der Waals surface area contributed by atoms with Gasteiger partial charge in [0.1, 0.15) is 10.8 Å². The first kappa shape index (κ1) is 20.6. The molecule has 0 bridgehead atoms. The molecule has 1 aliphatic heterocycles. The van der Waals surface area contributed by atoms with Crippen LogP contribution in [0.15, 0.2) is 35.5 Å².